The van der Waals surface area contributed by atoms with Gasteiger partial charge in [0, 0.05) is 12.4 Å². The molecular formula is C9H13N. The van der Waals surface area contributed by atoms with Gasteiger partial charge in [0.1, 0.15) is 0 Å². The van der Waals surface area contributed by atoms with E-state index in [-0.39, 0.29) is 0 Å². The van der Waals surface area contributed by atoms with E-state index in [1.165, 1.54) is 11.1 Å². The molecule has 0 amide bonds. The molecule has 1 rings (SSSR count). The van der Waals surface area contributed by atoms with Crippen LogP contribution in [-0.2, 0) is 0 Å². The normalized spacial score (nSPS) is 10.4. The molecule has 10 heavy (non-hydrogen) atoms. The minimum absolute atomic E-state index is 0.590. The molecule has 0 spiro atoms. The Hall–Kier alpha value is -0.850. The smallest absolute Gasteiger partial charge is 0.0302 e. The molecule has 0 aromatic carbocycles. The van der Waals surface area contributed by atoms with Crippen molar-refractivity contribution in [2.75, 3.05) is 0 Å². The Morgan fingerprint density at radius 1 is 1.30 bits per heavy atom. The van der Waals surface area contributed by atoms with Crippen molar-refractivity contribution < 1.29 is 0 Å². The Kier molecular flexibility index (Phi) is 2.05. The fraction of sp³-hybridized carbons (Fsp3) is 0.444. The Bertz CT molecular complexity index is 216. The van der Waals surface area contributed by atoms with Gasteiger partial charge in [0.15, 0.2) is 0 Å². The minimum atomic E-state index is 0.590. The lowest BCUT2D eigenvalue weighted by atomic mass is 10.0. The molecular weight excluding hydrogens is 122 g/mol. The quantitative estimate of drug-likeness (QED) is 0.576. The Morgan fingerprint density at radius 3 is 2.40 bits per heavy atom. The summed E-state index contributed by atoms with van der Waals surface area (Å²) in [5.74, 6) is 0.590. The summed E-state index contributed by atoms with van der Waals surface area (Å²) in [5.41, 5.74) is 2.56. The van der Waals surface area contributed by atoms with Crippen molar-refractivity contribution in [3.8, 4) is 0 Å². The van der Waals surface area contributed by atoms with E-state index in [0.717, 1.165) is 0 Å². The largest absolute Gasteiger partial charge is 0.264 e. The van der Waals surface area contributed by atoms with Crippen molar-refractivity contribution in [1.82, 2.24) is 4.98 Å². The lowest BCUT2D eigenvalue weighted by molar-refractivity contribution is 0.855. The minimum Gasteiger partial charge on any atom is -0.264 e. The second-order valence-electron chi connectivity index (χ2n) is 2.95. The van der Waals surface area contributed by atoms with Gasteiger partial charge in [-0.05, 0) is 24.0 Å². The third-order valence-electron chi connectivity index (χ3n) is 1.56. The molecule has 1 heterocycles. The Morgan fingerprint density at radius 2 is 2.00 bits per heavy atom. The van der Waals surface area contributed by atoms with E-state index in [0.29, 0.717) is 5.92 Å². The zero-order valence-electron chi connectivity index (χ0n) is 6.76. The second kappa shape index (κ2) is 2.82. The van der Waals surface area contributed by atoms with Crippen LogP contribution in [0.5, 0.6) is 0 Å². The predicted octanol–water partition coefficient (Wildman–Crippen LogP) is 2.51. The average Bonchev–Trinajstić information content (AvgIpc) is 1.88. The maximum atomic E-state index is 4.11. The first-order valence-corrected chi connectivity index (χ1v) is 3.61. The molecule has 0 bridgehead atoms. The number of aromatic nitrogens is 1. The summed E-state index contributed by atoms with van der Waals surface area (Å²) in [6, 6.07) is 2.18. The van der Waals surface area contributed by atoms with E-state index in [4.69, 9.17) is 0 Å². The highest BCUT2D eigenvalue weighted by molar-refractivity contribution is 5.19. The van der Waals surface area contributed by atoms with Gasteiger partial charge in [-0.25, -0.2) is 0 Å². The highest BCUT2D eigenvalue weighted by atomic mass is 14.6. The molecule has 0 saturated carbocycles. The van der Waals surface area contributed by atoms with Gasteiger partial charge >= 0.3 is 0 Å². The van der Waals surface area contributed by atoms with Crippen molar-refractivity contribution in [3.63, 3.8) is 0 Å². The van der Waals surface area contributed by atoms with Gasteiger partial charge in [0.2, 0.25) is 0 Å². The Balaban J connectivity index is 2.96. The van der Waals surface area contributed by atoms with Crippen molar-refractivity contribution in [2.24, 2.45) is 0 Å². The maximum absolute atomic E-state index is 4.11. The van der Waals surface area contributed by atoms with Crippen LogP contribution in [-0.4, -0.2) is 4.98 Å². The van der Waals surface area contributed by atoms with Gasteiger partial charge in [-0.3, -0.25) is 4.98 Å². The second-order valence-corrected chi connectivity index (χ2v) is 2.95. The summed E-state index contributed by atoms with van der Waals surface area (Å²) in [5, 5.41) is 0. The van der Waals surface area contributed by atoms with Gasteiger partial charge in [-0.15, -0.1) is 0 Å². The molecule has 0 aliphatic rings. The Labute approximate surface area is 62.1 Å². The molecule has 1 heteroatoms. The summed E-state index contributed by atoms with van der Waals surface area (Å²) in [4.78, 5) is 4.11. The van der Waals surface area contributed by atoms with Crippen LogP contribution >= 0.6 is 0 Å². The van der Waals surface area contributed by atoms with Crippen LogP contribution in [0.4, 0.5) is 0 Å². The van der Waals surface area contributed by atoms with Crippen LogP contribution in [0.3, 0.4) is 0 Å². The monoisotopic (exact) mass is 135 g/mol. The first-order valence-electron chi connectivity index (χ1n) is 3.61. The molecule has 0 unspecified atom stereocenters. The van der Waals surface area contributed by atoms with Crippen LogP contribution in [0.2, 0.25) is 0 Å². The van der Waals surface area contributed by atoms with E-state index < -0.39 is 0 Å². The van der Waals surface area contributed by atoms with Gasteiger partial charge in [0.25, 0.3) is 0 Å². The van der Waals surface area contributed by atoms with Crippen LogP contribution < -0.4 is 0 Å². The lowest BCUT2D eigenvalue weighted by Gasteiger charge is -2.03. The van der Waals surface area contributed by atoms with Crippen molar-refractivity contribution in [2.45, 2.75) is 26.7 Å². The van der Waals surface area contributed by atoms with Crippen LogP contribution in [0, 0.1) is 6.92 Å². The van der Waals surface area contributed by atoms with E-state index in [1.54, 1.807) is 0 Å². The molecule has 0 fully saturated rings. The van der Waals surface area contributed by atoms with E-state index in [2.05, 4.69) is 31.8 Å². The fourth-order valence-corrected chi connectivity index (χ4v) is 0.894. The third-order valence-corrected chi connectivity index (χ3v) is 1.56. The van der Waals surface area contributed by atoms with Gasteiger partial charge < -0.3 is 0 Å². The molecule has 0 radical (unpaired) electrons. The molecule has 0 atom stereocenters. The third kappa shape index (κ3) is 1.56. The first-order chi connectivity index (χ1) is 4.70. The van der Waals surface area contributed by atoms with Gasteiger partial charge in [-0.1, -0.05) is 19.9 Å². The summed E-state index contributed by atoms with van der Waals surface area (Å²) < 4.78 is 0. The number of hydrogen-bond acceptors (Lipinski definition) is 1. The SMILES string of the molecule is Cc1cncc(C(C)C)c1. The number of nitrogens with zero attached hydrogens (tertiary/aromatic N) is 1. The number of rotatable bonds is 1. The highest BCUT2D eigenvalue weighted by Gasteiger charge is 1.97. The summed E-state index contributed by atoms with van der Waals surface area (Å²) >= 11 is 0. The van der Waals surface area contributed by atoms with Crippen LogP contribution in [0.1, 0.15) is 30.9 Å². The zero-order chi connectivity index (χ0) is 7.56. The summed E-state index contributed by atoms with van der Waals surface area (Å²) in [6.45, 7) is 6.42. The molecule has 0 aliphatic heterocycles. The number of aryl methyl sites for hydroxylation is 1. The van der Waals surface area contributed by atoms with E-state index in [1.807, 2.05) is 12.4 Å². The predicted molar refractivity (Wildman–Crippen MR) is 43.1 cm³/mol. The van der Waals surface area contributed by atoms with Crippen molar-refractivity contribution in [1.29, 1.82) is 0 Å². The lowest BCUT2D eigenvalue weighted by Crippen LogP contribution is -1.88. The van der Waals surface area contributed by atoms with E-state index >= 15 is 0 Å². The summed E-state index contributed by atoms with van der Waals surface area (Å²) in [7, 11) is 0. The molecule has 1 aromatic heterocycles. The number of hydrogen-bond donors (Lipinski definition) is 0. The van der Waals surface area contributed by atoms with Crippen LogP contribution in [0.25, 0.3) is 0 Å². The topological polar surface area (TPSA) is 12.9 Å². The fourth-order valence-electron chi connectivity index (χ4n) is 0.894. The van der Waals surface area contributed by atoms with Gasteiger partial charge in [0.05, 0.1) is 0 Å². The maximum Gasteiger partial charge on any atom is 0.0302 e. The first kappa shape index (κ1) is 7.26. The highest BCUT2D eigenvalue weighted by Crippen LogP contribution is 2.12. The van der Waals surface area contributed by atoms with E-state index in [9.17, 15) is 0 Å². The van der Waals surface area contributed by atoms with Crippen LogP contribution in [0.15, 0.2) is 18.5 Å². The molecule has 0 aliphatic carbocycles. The zero-order valence-corrected chi connectivity index (χ0v) is 6.76. The summed E-state index contributed by atoms with van der Waals surface area (Å²) in [6.07, 6.45) is 3.81. The van der Waals surface area contributed by atoms with Gasteiger partial charge in [-0.2, -0.15) is 0 Å². The molecule has 0 saturated heterocycles. The molecule has 54 valence electrons. The molecule has 0 N–H and O–H groups in total. The molecule has 1 aromatic rings. The average molecular weight is 135 g/mol. The molecule has 1 nitrogen and oxygen atoms in total. The number of pyridine rings is 1. The van der Waals surface area contributed by atoms with Crippen molar-refractivity contribution >= 4 is 0 Å². The van der Waals surface area contributed by atoms with Crippen molar-refractivity contribution in [3.05, 3.63) is 29.6 Å². The standard InChI is InChI=1S/C9H13N/c1-7(2)9-4-8(3)5-10-6-9/h4-7H,1-3H3.